The van der Waals surface area contributed by atoms with Crippen LogP contribution in [0.1, 0.15) is 38.8 Å². The van der Waals surface area contributed by atoms with E-state index in [4.69, 9.17) is 0 Å². The van der Waals surface area contributed by atoms with Crippen LogP contribution in [0.15, 0.2) is 30.3 Å². The lowest BCUT2D eigenvalue weighted by Gasteiger charge is -2.29. The molecule has 0 aliphatic carbocycles. The first-order chi connectivity index (χ1) is 10.7. The number of nitrogens with zero attached hydrogens (tertiary/aromatic N) is 2. The lowest BCUT2D eigenvalue weighted by molar-refractivity contribution is -0.122. The number of likely N-dealkylation sites (N-methyl/N-ethyl adjacent to an activating group) is 2. The Balaban J connectivity index is 1.92. The Labute approximate surface area is 134 Å². The van der Waals surface area contributed by atoms with E-state index in [1.54, 1.807) is 0 Å². The largest absolute Gasteiger partial charge is 0.355 e. The molecule has 4 heteroatoms. The minimum absolute atomic E-state index is 0.138. The van der Waals surface area contributed by atoms with Crippen LogP contribution in [0.25, 0.3) is 0 Å². The third-order valence-electron chi connectivity index (χ3n) is 4.67. The molecule has 0 radical (unpaired) electrons. The van der Waals surface area contributed by atoms with Crippen molar-refractivity contribution >= 4 is 5.91 Å². The number of benzene rings is 1. The van der Waals surface area contributed by atoms with Crippen LogP contribution >= 0.6 is 0 Å². The molecule has 1 saturated heterocycles. The number of rotatable bonds is 7. The van der Waals surface area contributed by atoms with Gasteiger partial charge in [-0.3, -0.25) is 14.6 Å². The van der Waals surface area contributed by atoms with Gasteiger partial charge in [0.25, 0.3) is 0 Å². The van der Waals surface area contributed by atoms with Gasteiger partial charge in [0.05, 0.1) is 6.54 Å². The van der Waals surface area contributed by atoms with E-state index in [9.17, 15) is 4.79 Å². The molecular weight excluding hydrogens is 274 g/mol. The van der Waals surface area contributed by atoms with Crippen molar-refractivity contribution in [2.45, 2.75) is 39.3 Å². The minimum Gasteiger partial charge on any atom is -0.355 e. The number of carbonyl (C=O) groups excluding carboxylic acids is 1. The van der Waals surface area contributed by atoms with E-state index >= 15 is 0 Å². The molecule has 0 aromatic heterocycles. The Hall–Kier alpha value is -1.39. The zero-order valence-corrected chi connectivity index (χ0v) is 14.1. The lowest BCUT2D eigenvalue weighted by Crippen LogP contribution is -2.44. The molecule has 1 aromatic rings. The van der Waals surface area contributed by atoms with Crippen LogP contribution in [0.2, 0.25) is 0 Å². The molecule has 22 heavy (non-hydrogen) atoms. The number of carbonyl (C=O) groups is 1. The Morgan fingerprint density at radius 1 is 1.36 bits per heavy atom. The average Bonchev–Trinajstić information content (AvgIpc) is 3.02. The van der Waals surface area contributed by atoms with Crippen molar-refractivity contribution in [1.29, 1.82) is 0 Å². The number of hydrogen-bond donors (Lipinski definition) is 1. The summed E-state index contributed by atoms with van der Waals surface area (Å²) >= 11 is 0. The van der Waals surface area contributed by atoms with Crippen LogP contribution in [0.3, 0.4) is 0 Å². The Bertz CT molecular complexity index is 463. The first kappa shape index (κ1) is 17.0. The third kappa shape index (κ3) is 4.31. The van der Waals surface area contributed by atoms with Crippen LogP contribution in [0.5, 0.6) is 0 Å². The molecule has 122 valence electrons. The van der Waals surface area contributed by atoms with Gasteiger partial charge in [-0.2, -0.15) is 0 Å². The van der Waals surface area contributed by atoms with Crippen molar-refractivity contribution < 1.29 is 4.79 Å². The molecule has 0 spiro atoms. The van der Waals surface area contributed by atoms with Crippen molar-refractivity contribution in [3.63, 3.8) is 0 Å². The molecule has 4 nitrogen and oxygen atoms in total. The maximum atomic E-state index is 11.8. The second kappa shape index (κ2) is 8.30. The summed E-state index contributed by atoms with van der Waals surface area (Å²) in [5.74, 6) is 0.138. The smallest absolute Gasteiger partial charge is 0.234 e. The van der Waals surface area contributed by atoms with Crippen molar-refractivity contribution in [2.75, 3.05) is 32.7 Å². The van der Waals surface area contributed by atoms with E-state index in [0.717, 1.165) is 26.1 Å². The fraction of sp³-hybridized carbons (Fsp3) is 0.611. The summed E-state index contributed by atoms with van der Waals surface area (Å²) in [5, 5.41) is 2.90. The van der Waals surface area contributed by atoms with Gasteiger partial charge in [-0.1, -0.05) is 37.3 Å². The molecule has 2 rings (SSSR count). The Kier molecular flexibility index (Phi) is 6.40. The average molecular weight is 303 g/mol. The zero-order valence-electron chi connectivity index (χ0n) is 14.1. The summed E-state index contributed by atoms with van der Waals surface area (Å²) in [7, 11) is 0. The molecule has 1 N–H and O–H groups in total. The molecule has 0 saturated carbocycles. The molecule has 2 unspecified atom stereocenters. The first-order valence-electron chi connectivity index (χ1n) is 8.45. The number of likely N-dealkylation sites (tertiary alicyclic amines) is 1. The van der Waals surface area contributed by atoms with Crippen LogP contribution in [-0.4, -0.2) is 54.5 Å². The van der Waals surface area contributed by atoms with E-state index in [1.807, 2.05) is 6.92 Å². The maximum Gasteiger partial charge on any atom is 0.234 e. The van der Waals surface area contributed by atoms with E-state index in [1.165, 1.54) is 5.56 Å². The third-order valence-corrected chi connectivity index (χ3v) is 4.67. The number of amides is 1. The molecule has 0 bridgehead atoms. The second-order valence-corrected chi connectivity index (χ2v) is 6.04. The fourth-order valence-corrected chi connectivity index (χ4v) is 3.30. The van der Waals surface area contributed by atoms with Gasteiger partial charge in [0, 0.05) is 31.7 Å². The van der Waals surface area contributed by atoms with Gasteiger partial charge in [0.2, 0.25) is 5.91 Å². The van der Waals surface area contributed by atoms with Crippen molar-refractivity contribution in [2.24, 2.45) is 0 Å². The van der Waals surface area contributed by atoms with E-state index in [2.05, 4.69) is 59.3 Å². The highest BCUT2D eigenvalue weighted by atomic mass is 16.2. The SMILES string of the molecule is CCNC(=O)CN(CC)C1CCN(C(C)c2ccccc2)C1. The molecule has 2 atom stereocenters. The lowest BCUT2D eigenvalue weighted by atomic mass is 10.1. The Morgan fingerprint density at radius 2 is 2.09 bits per heavy atom. The van der Waals surface area contributed by atoms with Gasteiger partial charge >= 0.3 is 0 Å². The van der Waals surface area contributed by atoms with Gasteiger partial charge in [-0.15, -0.1) is 0 Å². The Morgan fingerprint density at radius 3 is 2.73 bits per heavy atom. The predicted molar refractivity (Wildman–Crippen MR) is 90.8 cm³/mol. The summed E-state index contributed by atoms with van der Waals surface area (Å²) < 4.78 is 0. The molecule has 1 fully saturated rings. The quantitative estimate of drug-likeness (QED) is 0.839. The standard InChI is InChI=1S/C18H29N3O/c1-4-19-18(22)14-20(5-2)17-11-12-21(13-17)15(3)16-9-7-6-8-10-16/h6-10,15,17H,4-5,11-14H2,1-3H3,(H,19,22). The van der Waals surface area contributed by atoms with E-state index in [-0.39, 0.29) is 5.91 Å². The van der Waals surface area contributed by atoms with Crippen LogP contribution < -0.4 is 5.32 Å². The van der Waals surface area contributed by atoms with Gasteiger partial charge in [-0.05, 0) is 32.4 Å². The number of hydrogen-bond acceptors (Lipinski definition) is 3. The molecule has 1 aliphatic heterocycles. The summed E-state index contributed by atoms with van der Waals surface area (Å²) in [6.45, 7) is 10.7. The van der Waals surface area contributed by atoms with Crippen LogP contribution in [0.4, 0.5) is 0 Å². The molecule has 1 aromatic carbocycles. The molecule has 1 aliphatic rings. The molecule has 1 amide bonds. The summed E-state index contributed by atoms with van der Waals surface area (Å²) in [6.07, 6.45) is 1.14. The molecular formula is C18H29N3O. The predicted octanol–water partition coefficient (Wildman–Crippen LogP) is 2.28. The monoisotopic (exact) mass is 303 g/mol. The van der Waals surface area contributed by atoms with E-state index in [0.29, 0.717) is 25.2 Å². The summed E-state index contributed by atoms with van der Waals surface area (Å²) in [4.78, 5) is 16.7. The van der Waals surface area contributed by atoms with Crippen LogP contribution in [0, 0.1) is 0 Å². The summed E-state index contributed by atoms with van der Waals surface area (Å²) in [5.41, 5.74) is 1.37. The zero-order chi connectivity index (χ0) is 15.9. The van der Waals surface area contributed by atoms with Crippen molar-refractivity contribution in [3.8, 4) is 0 Å². The van der Waals surface area contributed by atoms with Gasteiger partial charge in [0.1, 0.15) is 0 Å². The molecule has 1 heterocycles. The minimum atomic E-state index is 0.138. The highest BCUT2D eigenvalue weighted by molar-refractivity contribution is 5.77. The van der Waals surface area contributed by atoms with Gasteiger partial charge < -0.3 is 5.32 Å². The second-order valence-electron chi connectivity index (χ2n) is 6.04. The van der Waals surface area contributed by atoms with Crippen molar-refractivity contribution in [3.05, 3.63) is 35.9 Å². The first-order valence-corrected chi connectivity index (χ1v) is 8.45. The van der Waals surface area contributed by atoms with Gasteiger partial charge in [0.15, 0.2) is 0 Å². The summed E-state index contributed by atoms with van der Waals surface area (Å²) in [6, 6.07) is 11.6. The highest BCUT2D eigenvalue weighted by Crippen LogP contribution is 2.26. The maximum absolute atomic E-state index is 11.8. The topological polar surface area (TPSA) is 35.6 Å². The highest BCUT2D eigenvalue weighted by Gasteiger charge is 2.30. The van der Waals surface area contributed by atoms with Gasteiger partial charge in [-0.25, -0.2) is 0 Å². The normalized spacial score (nSPS) is 20.3. The van der Waals surface area contributed by atoms with E-state index < -0.39 is 0 Å². The van der Waals surface area contributed by atoms with Crippen molar-refractivity contribution in [1.82, 2.24) is 15.1 Å². The number of nitrogens with one attached hydrogen (secondary N) is 1. The fourth-order valence-electron chi connectivity index (χ4n) is 3.30. The van der Waals surface area contributed by atoms with Crippen LogP contribution in [-0.2, 0) is 4.79 Å².